The summed E-state index contributed by atoms with van der Waals surface area (Å²) in [5.74, 6) is -1.59. The molecule has 1 saturated heterocycles. The second-order valence-electron chi connectivity index (χ2n) is 7.43. The highest BCUT2D eigenvalue weighted by Crippen LogP contribution is 2.24. The van der Waals surface area contributed by atoms with E-state index in [-0.39, 0.29) is 23.8 Å². The van der Waals surface area contributed by atoms with Crippen LogP contribution in [0.1, 0.15) is 49.5 Å². The number of carbonyl (C=O) groups is 2. The molecule has 1 amide bonds. The molecule has 1 aliphatic heterocycles. The SMILES string of the molecule is CC(C)(C)c1ccc(C(=O)NCC(C(=O)O)C2CCOCC2)cc1. The molecule has 1 aromatic rings. The van der Waals surface area contributed by atoms with E-state index in [2.05, 4.69) is 26.1 Å². The molecule has 5 heteroatoms. The summed E-state index contributed by atoms with van der Waals surface area (Å²) >= 11 is 0. The first-order valence-corrected chi connectivity index (χ1v) is 8.48. The van der Waals surface area contributed by atoms with Crippen LogP contribution in [0.3, 0.4) is 0 Å². The summed E-state index contributed by atoms with van der Waals surface area (Å²) in [6.45, 7) is 7.70. The number of carboxylic acids is 1. The average molecular weight is 333 g/mol. The van der Waals surface area contributed by atoms with Gasteiger partial charge in [-0.15, -0.1) is 0 Å². The highest BCUT2D eigenvalue weighted by Gasteiger charge is 2.30. The fourth-order valence-corrected chi connectivity index (χ4v) is 3.00. The molecule has 1 aromatic carbocycles. The van der Waals surface area contributed by atoms with Gasteiger partial charge in [0.2, 0.25) is 0 Å². The molecular formula is C19H27NO4. The fourth-order valence-electron chi connectivity index (χ4n) is 3.00. The first-order valence-electron chi connectivity index (χ1n) is 8.48. The van der Waals surface area contributed by atoms with Gasteiger partial charge in [0.15, 0.2) is 0 Å². The zero-order chi connectivity index (χ0) is 17.7. The molecule has 0 bridgehead atoms. The average Bonchev–Trinajstić information content (AvgIpc) is 2.55. The van der Waals surface area contributed by atoms with Crippen molar-refractivity contribution in [2.75, 3.05) is 19.8 Å². The van der Waals surface area contributed by atoms with E-state index in [9.17, 15) is 14.7 Å². The van der Waals surface area contributed by atoms with E-state index in [4.69, 9.17) is 4.74 Å². The molecular weight excluding hydrogens is 306 g/mol. The topological polar surface area (TPSA) is 75.6 Å². The number of benzene rings is 1. The van der Waals surface area contributed by atoms with Crippen LogP contribution in [-0.4, -0.2) is 36.7 Å². The van der Waals surface area contributed by atoms with E-state index in [0.29, 0.717) is 18.8 Å². The third-order valence-electron chi connectivity index (χ3n) is 4.65. The van der Waals surface area contributed by atoms with Gasteiger partial charge in [0.05, 0.1) is 5.92 Å². The standard InChI is InChI=1S/C19H27NO4/c1-19(2,3)15-6-4-14(5-7-15)17(21)20-12-16(18(22)23)13-8-10-24-11-9-13/h4-7,13,16H,8-12H2,1-3H3,(H,20,21)(H,22,23). The number of amides is 1. The molecule has 2 rings (SSSR count). The lowest BCUT2D eigenvalue weighted by atomic mass is 9.85. The Morgan fingerprint density at radius 1 is 1.21 bits per heavy atom. The minimum Gasteiger partial charge on any atom is -0.481 e. The predicted octanol–water partition coefficient (Wildman–Crippen LogP) is 2.84. The second-order valence-corrected chi connectivity index (χ2v) is 7.43. The van der Waals surface area contributed by atoms with Gasteiger partial charge in [-0.1, -0.05) is 32.9 Å². The normalized spacial score (nSPS) is 17.3. The van der Waals surface area contributed by atoms with Crippen LogP contribution in [0.5, 0.6) is 0 Å². The van der Waals surface area contributed by atoms with Gasteiger partial charge in [-0.25, -0.2) is 0 Å². The molecule has 0 aliphatic carbocycles. The van der Waals surface area contributed by atoms with Crippen LogP contribution in [0.15, 0.2) is 24.3 Å². The molecule has 0 radical (unpaired) electrons. The van der Waals surface area contributed by atoms with Crippen LogP contribution in [0, 0.1) is 11.8 Å². The number of hydrogen-bond donors (Lipinski definition) is 2. The Kier molecular flexibility index (Phi) is 5.99. The molecule has 5 nitrogen and oxygen atoms in total. The van der Waals surface area contributed by atoms with Crippen LogP contribution in [0.2, 0.25) is 0 Å². The van der Waals surface area contributed by atoms with Crippen LogP contribution >= 0.6 is 0 Å². The lowest BCUT2D eigenvalue weighted by molar-refractivity contribution is -0.144. The van der Waals surface area contributed by atoms with Crippen molar-refractivity contribution in [2.24, 2.45) is 11.8 Å². The lowest BCUT2D eigenvalue weighted by Gasteiger charge is -2.27. The van der Waals surface area contributed by atoms with Gasteiger partial charge < -0.3 is 15.2 Å². The first-order chi connectivity index (χ1) is 11.3. The molecule has 1 atom stereocenters. The number of ether oxygens (including phenoxy) is 1. The van der Waals surface area contributed by atoms with Crippen molar-refractivity contribution in [1.82, 2.24) is 5.32 Å². The number of carboxylic acid groups (broad SMARTS) is 1. The van der Waals surface area contributed by atoms with Gasteiger partial charge >= 0.3 is 5.97 Å². The molecule has 24 heavy (non-hydrogen) atoms. The van der Waals surface area contributed by atoms with Gasteiger partial charge in [-0.2, -0.15) is 0 Å². The third-order valence-corrected chi connectivity index (χ3v) is 4.65. The maximum Gasteiger partial charge on any atom is 0.308 e. The molecule has 0 spiro atoms. The van der Waals surface area contributed by atoms with E-state index >= 15 is 0 Å². The van der Waals surface area contributed by atoms with Crippen molar-refractivity contribution in [3.63, 3.8) is 0 Å². The zero-order valence-electron chi connectivity index (χ0n) is 14.7. The van der Waals surface area contributed by atoms with E-state index in [0.717, 1.165) is 18.4 Å². The second kappa shape index (κ2) is 7.79. The third kappa shape index (κ3) is 4.81. The number of carbonyl (C=O) groups excluding carboxylic acids is 1. The van der Waals surface area contributed by atoms with Crippen LogP contribution in [0.25, 0.3) is 0 Å². The van der Waals surface area contributed by atoms with Crippen molar-refractivity contribution in [3.05, 3.63) is 35.4 Å². The summed E-state index contributed by atoms with van der Waals surface area (Å²) in [7, 11) is 0. The molecule has 132 valence electrons. The number of rotatable bonds is 5. The summed E-state index contributed by atoms with van der Waals surface area (Å²) in [5, 5.41) is 12.2. The molecule has 0 saturated carbocycles. The summed E-state index contributed by atoms with van der Waals surface area (Å²) in [6.07, 6.45) is 1.46. The number of hydrogen-bond acceptors (Lipinski definition) is 3. The minimum absolute atomic E-state index is 0.0342. The van der Waals surface area contributed by atoms with Crippen LogP contribution in [-0.2, 0) is 14.9 Å². The Morgan fingerprint density at radius 3 is 2.29 bits per heavy atom. The van der Waals surface area contributed by atoms with Gasteiger partial charge in [0, 0.05) is 25.3 Å². The fraction of sp³-hybridized carbons (Fsp3) is 0.579. The highest BCUT2D eigenvalue weighted by molar-refractivity contribution is 5.94. The zero-order valence-corrected chi connectivity index (χ0v) is 14.7. The Morgan fingerprint density at radius 2 is 1.79 bits per heavy atom. The maximum atomic E-state index is 12.3. The molecule has 1 aliphatic rings. The Hall–Kier alpha value is -1.88. The molecule has 2 N–H and O–H groups in total. The summed E-state index contributed by atoms with van der Waals surface area (Å²) in [4.78, 5) is 23.8. The van der Waals surface area contributed by atoms with Crippen molar-refractivity contribution < 1.29 is 19.4 Å². The summed E-state index contributed by atoms with van der Waals surface area (Å²) < 4.78 is 5.28. The van der Waals surface area contributed by atoms with Crippen molar-refractivity contribution in [2.45, 2.75) is 39.0 Å². The van der Waals surface area contributed by atoms with Gasteiger partial charge in [0.1, 0.15) is 0 Å². The Labute approximate surface area is 143 Å². The van der Waals surface area contributed by atoms with Gasteiger partial charge in [-0.3, -0.25) is 9.59 Å². The Balaban J connectivity index is 1.96. The quantitative estimate of drug-likeness (QED) is 0.869. The van der Waals surface area contributed by atoms with E-state index in [1.54, 1.807) is 12.1 Å². The molecule has 1 fully saturated rings. The van der Waals surface area contributed by atoms with Gasteiger partial charge in [0.25, 0.3) is 5.91 Å². The molecule has 1 heterocycles. The summed E-state index contributed by atoms with van der Waals surface area (Å²) in [5.41, 5.74) is 1.75. The molecule has 0 aromatic heterocycles. The van der Waals surface area contributed by atoms with Gasteiger partial charge in [-0.05, 0) is 41.9 Å². The summed E-state index contributed by atoms with van der Waals surface area (Å²) in [6, 6.07) is 7.48. The number of nitrogens with one attached hydrogen (secondary N) is 1. The largest absolute Gasteiger partial charge is 0.481 e. The number of aliphatic carboxylic acids is 1. The Bertz CT molecular complexity index is 568. The minimum atomic E-state index is -0.856. The first kappa shape index (κ1) is 18.5. The monoisotopic (exact) mass is 333 g/mol. The lowest BCUT2D eigenvalue weighted by Crippen LogP contribution is -2.39. The van der Waals surface area contributed by atoms with E-state index in [1.807, 2.05) is 12.1 Å². The van der Waals surface area contributed by atoms with Crippen LogP contribution in [0.4, 0.5) is 0 Å². The smallest absolute Gasteiger partial charge is 0.308 e. The van der Waals surface area contributed by atoms with Crippen molar-refractivity contribution in [1.29, 1.82) is 0 Å². The maximum absolute atomic E-state index is 12.3. The molecule has 1 unspecified atom stereocenters. The van der Waals surface area contributed by atoms with Crippen molar-refractivity contribution in [3.8, 4) is 0 Å². The highest BCUT2D eigenvalue weighted by atomic mass is 16.5. The predicted molar refractivity (Wildman–Crippen MR) is 92.1 cm³/mol. The van der Waals surface area contributed by atoms with Crippen LogP contribution < -0.4 is 5.32 Å². The van der Waals surface area contributed by atoms with Crippen molar-refractivity contribution >= 4 is 11.9 Å². The van der Waals surface area contributed by atoms with E-state index < -0.39 is 11.9 Å². The van der Waals surface area contributed by atoms with E-state index in [1.165, 1.54) is 0 Å².